The van der Waals surface area contributed by atoms with E-state index in [-0.39, 0.29) is 0 Å². The Labute approximate surface area is 90.8 Å². The van der Waals surface area contributed by atoms with Gasteiger partial charge in [-0.05, 0) is 38.8 Å². The normalized spacial score (nSPS) is 26.7. The van der Waals surface area contributed by atoms with Gasteiger partial charge in [0.25, 0.3) is 0 Å². The maximum Gasteiger partial charge on any atom is 0.128 e. The first-order valence-corrected chi connectivity index (χ1v) is 5.48. The minimum atomic E-state index is -0.566. The molecule has 0 aromatic carbocycles. The highest BCUT2D eigenvalue weighted by atomic mass is 16.3. The summed E-state index contributed by atoms with van der Waals surface area (Å²) in [5.41, 5.74) is 0.460. The number of anilines is 1. The lowest BCUT2D eigenvalue weighted by Gasteiger charge is -2.37. The van der Waals surface area contributed by atoms with Crippen LogP contribution in [0.15, 0.2) is 18.2 Å². The third kappa shape index (κ3) is 2.48. The monoisotopic (exact) mass is 206 g/mol. The van der Waals surface area contributed by atoms with E-state index >= 15 is 0 Å². The quantitative estimate of drug-likeness (QED) is 0.760. The summed E-state index contributed by atoms with van der Waals surface area (Å²) in [6.07, 6.45) is 1.91. The summed E-state index contributed by atoms with van der Waals surface area (Å²) < 4.78 is 0. The molecule has 0 unspecified atom stereocenters. The van der Waals surface area contributed by atoms with Crippen LogP contribution in [0, 0.1) is 6.92 Å². The standard InChI is InChI=1S/C12H18N2O/c1-10-5-3-6-11(13-10)14-8-4-7-12(2,15)9-14/h3,5-6,15H,4,7-9H2,1-2H3/t12-/m1/s1. The Morgan fingerprint density at radius 2 is 2.27 bits per heavy atom. The molecule has 1 aliphatic rings. The van der Waals surface area contributed by atoms with Crippen molar-refractivity contribution in [2.24, 2.45) is 0 Å². The number of aliphatic hydroxyl groups is 1. The summed E-state index contributed by atoms with van der Waals surface area (Å²) in [5, 5.41) is 10.0. The van der Waals surface area contributed by atoms with E-state index in [1.165, 1.54) is 0 Å². The first-order valence-electron chi connectivity index (χ1n) is 5.48. The Morgan fingerprint density at radius 3 is 2.93 bits per heavy atom. The molecule has 1 N–H and O–H groups in total. The van der Waals surface area contributed by atoms with Gasteiger partial charge in [-0.1, -0.05) is 6.07 Å². The van der Waals surface area contributed by atoms with Gasteiger partial charge in [-0.25, -0.2) is 4.98 Å². The first-order chi connectivity index (χ1) is 7.07. The average molecular weight is 206 g/mol. The van der Waals surface area contributed by atoms with E-state index in [4.69, 9.17) is 0 Å². The highest BCUT2D eigenvalue weighted by Crippen LogP contribution is 2.24. The number of rotatable bonds is 1. The lowest BCUT2D eigenvalue weighted by atomic mass is 9.95. The lowest BCUT2D eigenvalue weighted by Crippen LogP contribution is -2.46. The van der Waals surface area contributed by atoms with E-state index in [1.54, 1.807) is 0 Å². The Morgan fingerprint density at radius 1 is 1.47 bits per heavy atom. The fourth-order valence-corrected chi connectivity index (χ4v) is 2.12. The second-order valence-electron chi connectivity index (χ2n) is 4.66. The van der Waals surface area contributed by atoms with Crippen LogP contribution in [-0.2, 0) is 0 Å². The zero-order chi connectivity index (χ0) is 10.9. The molecule has 82 valence electrons. The Bertz CT molecular complexity index is 349. The fourth-order valence-electron chi connectivity index (χ4n) is 2.12. The number of nitrogens with zero attached hydrogens (tertiary/aromatic N) is 2. The van der Waals surface area contributed by atoms with E-state index in [0.717, 1.165) is 30.9 Å². The number of aromatic nitrogens is 1. The molecule has 1 saturated heterocycles. The van der Waals surface area contributed by atoms with Crippen molar-refractivity contribution in [2.75, 3.05) is 18.0 Å². The first kappa shape index (κ1) is 10.4. The molecule has 2 heterocycles. The Balaban J connectivity index is 2.17. The van der Waals surface area contributed by atoms with Gasteiger partial charge in [0.2, 0.25) is 0 Å². The summed E-state index contributed by atoms with van der Waals surface area (Å²) in [4.78, 5) is 6.64. The van der Waals surface area contributed by atoms with E-state index in [9.17, 15) is 5.11 Å². The molecule has 1 aromatic heterocycles. The summed E-state index contributed by atoms with van der Waals surface area (Å²) in [6, 6.07) is 6.01. The van der Waals surface area contributed by atoms with Gasteiger partial charge in [-0.15, -0.1) is 0 Å². The second-order valence-corrected chi connectivity index (χ2v) is 4.66. The van der Waals surface area contributed by atoms with E-state index < -0.39 is 5.60 Å². The molecule has 15 heavy (non-hydrogen) atoms. The van der Waals surface area contributed by atoms with Gasteiger partial charge in [-0.2, -0.15) is 0 Å². The van der Waals surface area contributed by atoms with Gasteiger partial charge < -0.3 is 10.0 Å². The van der Waals surface area contributed by atoms with Gasteiger partial charge >= 0.3 is 0 Å². The minimum Gasteiger partial charge on any atom is -0.388 e. The predicted octanol–water partition coefficient (Wildman–Crippen LogP) is 1.74. The number of β-amino-alcohol motifs (C(OH)–C–C–N with tert-alkyl or cyclic N) is 1. The summed E-state index contributed by atoms with van der Waals surface area (Å²) in [7, 11) is 0. The largest absolute Gasteiger partial charge is 0.388 e. The molecule has 0 amide bonds. The molecule has 1 aromatic rings. The van der Waals surface area contributed by atoms with Gasteiger partial charge in [-0.3, -0.25) is 0 Å². The van der Waals surface area contributed by atoms with Gasteiger partial charge in [0, 0.05) is 18.8 Å². The van der Waals surface area contributed by atoms with Gasteiger partial charge in [0.1, 0.15) is 5.82 Å². The van der Waals surface area contributed by atoms with Crippen molar-refractivity contribution in [2.45, 2.75) is 32.3 Å². The van der Waals surface area contributed by atoms with Crippen molar-refractivity contribution in [3.8, 4) is 0 Å². The average Bonchev–Trinajstić information content (AvgIpc) is 2.16. The van der Waals surface area contributed by atoms with Crippen molar-refractivity contribution >= 4 is 5.82 Å². The number of aryl methyl sites for hydroxylation is 1. The van der Waals surface area contributed by atoms with Crippen molar-refractivity contribution in [1.29, 1.82) is 0 Å². The zero-order valence-corrected chi connectivity index (χ0v) is 9.40. The third-order valence-electron chi connectivity index (χ3n) is 2.87. The van der Waals surface area contributed by atoms with Gasteiger partial charge in [0.15, 0.2) is 0 Å². The van der Waals surface area contributed by atoms with Crippen molar-refractivity contribution in [3.63, 3.8) is 0 Å². The predicted molar refractivity (Wildman–Crippen MR) is 61.0 cm³/mol. The molecule has 0 radical (unpaired) electrons. The zero-order valence-electron chi connectivity index (χ0n) is 9.40. The maximum absolute atomic E-state index is 10.0. The molecule has 1 aliphatic heterocycles. The van der Waals surface area contributed by atoms with Crippen LogP contribution in [0.5, 0.6) is 0 Å². The van der Waals surface area contributed by atoms with Crippen LogP contribution in [0.25, 0.3) is 0 Å². The molecule has 2 rings (SSSR count). The molecule has 3 heteroatoms. The molecule has 0 saturated carbocycles. The van der Waals surface area contributed by atoms with Crippen molar-refractivity contribution in [1.82, 2.24) is 4.98 Å². The Kier molecular flexibility index (Phi) is 2.65. The summed E-state index contributed by atoms with van der Waals surface area (Å²) in [6.45, 7) is 5.57. The van der Waals surface area contributed by atoms with E-state index in [1.807, 2.05) is 32.0 Å². The third-order valence-corrected chi connectivity index (χ3v) is 2.87. The maximum atomic E-state index is 10.0. The van der Waals surface area contributed by atoms with E-state index in [2.05, 4.69) is 9.88 Å². The van der Waals surface area contributed by atoms with Crippen LogP contribution in [0.1, 0.15) is 25.5 Å². The summed E-state index contributed by atoms with van der Waals surface area (Å²) >= 11 is 0. The number of pyridine rings is 1. The molecule has 1 atom stereocenters. The topological polar surface area (TPSA) is 36.4 Å². The minimum absolute atomic E-state index is 0.566. The number of hydrogen-bond donors (Lipinski definition) is 1. The molecule has 0 aliphatic carbocycles. The SMILES string of the molecule is Cc1cccc(N2CCC[C@@](C)(O)C2)n1. The van der Waals surface area contributed by atoms with Crippen LogP contribution in [0.3, 0.4) is 0 Å². The highest BCUT2D eigenvalue weighted by molar-refractivity contribution is 5.40. The van der Waals surface area contributed by atoms with Crippen LogP contribution in [0.4, 0.5) is 5.82 Å². The molecule has 3 nitrogen and oxygen atoms in total. The fraction of sp³-hybridized carbons (Fsp3) is 0.583. The van der Waals surface area contributed by atoms with Crippen molar-refractivity contribution < 1.29 is 5.11 Å². The smallest absolute Gasteiger partial charge is 0.128 e. The number of hydrogen-bond acceptors (Lipinski definition) is 3. The molecular weight excluding hydrogens is 188 g/mol. The van der Waals surface area contributed by atoms with Crippen LogP contribution in [-0.4, -0.2) is 28.8 Å². The van der Waals surface area contributed by atoms with Gasteiger partial charge in [0.05, 0.1) is 5.60 Å². The number of piperidine rings is 1. The Hall–Kier alpha value is -1.09. The highest BCUT2D eigenvalue weighted by Gasteiger charge is 2.28. The molecular formula is C12H18N2O. The molecule has 0 bridgehead atoms. The molecule has 1 fully saturated rings. The van der Waals surface area contributed by atoms with Crippen LogP contribution >= 0.6 is 0 Å². The van der Waals surface area contributed by atoms with Crippen molar-refractivity contribution in [3.05, 3.63) is 23.9 Å². The summed E-state index contributed by atoms with van der Waals surface area (Å²) in [5.74, 6) is 0.981. The second kappa shape index (κ2) is 3.81. The lowest BCUT2D eigenvalue weighted by molar-refractivity contribution is 0.0447. The van der Waals surface area contributed by atoms with Crippen LogP contribution < -0.4 is 4.90 Å². The van der Waals surface area contributed by atoms with Crippen LogP contribution in [0.2, 0.25) is 0 Å². The van der Waals surface area contributed by atoms with E-state index in [0.29, 0.717) is 6.54 Å². The molecule has 0 spiro atoms.